The molecule has 0 spiro atoms. The lowest BCUT2D eigenvalue weighted by Gasteiger charge is -2.27. The van der Waals surface area contributed by atoms with Gasteiger partial charge in [-0.2, -0.15) is 0 Å². The third-order valence-corrected chi connectivity index (χ3v) is 3.26. The summed E-state index contributed by atoms with van der Waals surface area (Å²) >= 11 is 0. The number of nitrogens with one attached hydrogen (secondary N) is 2. The quantitative estimate of drug-likeness (QED) is 0.779. The van der Waals surface area contributed by atoms with Crippen molar-refractivity contribution in [2.24, 2.45) is 7.05 Å². The third-order valence-electron chi connectivity index (χ3n) is 3.26. The molecule has 0 aliphatic carbocycles. The molecule has 8 heteroatoms. The van der Waals surface area contributed by atoms with E-state index in [-0.39, 0.29) is 11.3 Å². The molecule has 2 N–H and O–H groups in total. The Hall–Kier alpha value is -2.77. The van der Waals surface area contributed by atoms with Crippen molar-refractivity contribution in [2.45, 2.75) is 6.42 Å². The van der Waals surface area contributed by atoms with Crippen LogP contribution in [-0.2, 0) is 7.05 Å². The number of aromatic amines is 1. The summed E-state index contributed by atoms with van der Waals surface area (Å²) in [5.41, 5.74) is 0.648. The number of hydrogen-bond acceptors (Lipinski definition) is 4. The Morgan fingerprint density at radius 2 is 2.10 bits per heavy atom. The molecule has 2 amide bonds. The number of anilines is 1. The van der Waals surface area contributed by atoms with E-state index in [0.717, 1.165) is 0 Å². The minimum Gasteiger partial charge on any atom is -0.405 e. The van der Waals surface area contributed by atoms with E-state index in [1.54, 1.807) is 0 Å². The van der Waals surface area contributed by atoms with Crippen molar-refractivity contribution in [3.63, 3.8) is 0 Å². The molecule has 104 valence electrons. The van der Waals surface area contributed by atoms with Crippen molar-refractivity contribution in [3.05, 3.63) is 39.4 Å². The number of aryl methyl sites for hydroxylation is 1. The van der Waals surface area contributed by atoms with Crippen LogP contribution in [0.15, 0.2) is 32.5 Å². The Morgan fingerprint density at radius 1 is 1.35 bits per heavy atom. The molecular weight excluding hydrogens is 264 g/mol. The van der Waals surface area contributed by atoms with Gasteiger partial charge in [-0.1, -0.05) is 6.58 Å². The van der Waals surface area contributed by atoms with Crippen LogP contribution >= 0.6 is 0 Å². The topological polar surface area (TPSA) is 100 Å². The zero-order valence-electron chi connectivity index (χ0n) is 10.7. The average Bonchev–Trinajstić information content (AvgIpc) is 2.67. The van der Waals surface area contributed by atoms with Gasteiger partial charge in [0.15, 0.2) is 11.3 Å². The smallest absolute Gasteiger partial charge is 0.405 e. The molecule has 0 bridgehead atoms. The van der Waals surface area contributed by atoms with E-state index in [9.17, 15) is 14.4 Å². The first-order valence-corrected chi connectivity index (χ1v) is 5.96. The van der Waals surface area contributed by atoms with Gasteiger partial charge in [-0.15, -0.1) is 0 Å². The van der Waals surface area contributed by atoms with E-state index in [0.29, 0.717) is 24.2 Å². The molecule has 3 rings (SSSR count). The Morgan fingerprint density at radius 3 is 2.80 bits per heavy atom. The molecule has 0 aromatic carbocycles. The van der Waals surface area contributed by atoms with Crippen LogP contribution in [0.5, 0.6) is 0 Å². The number of H-pyrrole nitrogens is 1. The molecule has 0 atom stereocenters. The third kappa shape index (κ3) is 1.65. The molecule has 2 aromatic rings. The molecule has 3 heterocycles. The van der Waals surface area contributed by atoms with Crippen molar-refractivity contribution in [1.82, 2.24) is 14.9 Å². The van der Waals surface area contributed by atoms with Gasteiger partial charge < -0.3 is 14.7 Å². The number of hydrogen-bond donors (Lipinski definition) is 2. The second kappa shape index (κ2) is 4.12. The van der Waals surface area contributed by atoms with Crippen molar-refractivity contribution >= 4 is 22.8 Å². The van der Waals surface area contributed by atoms with E-state index in [4.69, 9.17) is 4.42 Å². The second-order valence-electron chi connectivity index (χ2n) is 4.54. The molecule has 1 aliphatic rings. The summed E-state index contributed by atoms with van der Waals surface area (Å²) in [6, 6.07) is -0.467. The lowest BCUT2D eigenvalue weighted by molar-refractivity contribution is 0.246. The second-order valence-corrected chi connectivity index (χ2v) is 4.54. The van der Waals surface area contributed by atoms with E-state index in [1.807, 2.05) is 0 Å². The van der Waals surface area contributed by atoms with E-state index in [2.05, 4.69) is 16.9 Å². The van der Waals surface area contributed by atoms with Gasteiger partial charge in [-0.05, 0) is 0 Å². The lowest BCUT2D eigenvalue weighted by atomic mass is 10.2. The first-order valence-electron chi connectivity index (χ1n) is 5.96. The van der Waals surface area contributed by atoms with Gasteiger partial charge in [0.25, 0.3) is 5.56 Å². The van der Waals surface area contributed by atoms with Gasteiger partial charge in [-0.3, -0.25) is 14.3 Å². The largest absolute Gasteiger partial charge is 0.419 e. The van der Waals surface area contributed by atoms with Gasteiger partial charge in [0.05, 0.1) is 0 Å². The van der Waals surface area contributed by atoms with Crippen molar-refractivity contribution < 1.29 is 9.21 Å². The molecule has 8 nitrogen and oxygen atoms in total. The molecule has 0 saturated carbocycles. The van der Waals surface area contributed by atoms with E-state index < -0.39 is 17.3 Å². The summed E-state index contributed by atoms with van der Waals surface area (Å²) in [5, 5.41) is 2.55. The number of pyridine rings is 1. The van der Waals surface area contributed by atoms with Gasteiger partial charge in [0.1, 0.15) is 5.52 Å². The highest BCUT2D eigenvalue weighted by Crippen LogP contribution is 2.23. The van der Waals surface area contributed by atoms with Gasteiger partial charge >= 0.3 is 11.8 Å². The molecular formula is C12H12N4O4. The number of amides is 2. The van der Waals surface area contributed by atoms with Gasteiger partial charge in [0, 0.05) is 31.9 Å². The Kier molecular flexibility index (Phi) is 2.53. The fourth-order valence-corrected chi connectivity index (χ4v) is 2.18. The number of fused-ring (bicyclic) bond motifs is 1. The number of carbonyl (C=O) groups is 1. The summed E-state index contributed by atoms with van der Waals surface area (Å²) < 4.78 is 6.34. The SMILES string of the molecule is C=C1CCN(c2c(=O)[nH]cc3c2oc(=O)n3C)C(=O)N1. The highest BCUT2D eigenvalue weighted by atomic mass is 16.4. The summed E-state index contributed by atoms with van der Waals surface area (Å²) in [5.74, 6) is -0.595. The molecule has 1 aliphatic heterocycles. The molecule has 1 fully saturated rings. The monoisotopic (exact) mass is 276 g/mol. The van der Waals surface area contributed by atoms with Crippen LogP contribution in [0.25, 0.3) is 11.1 Å². The van der Waals surface area contributed by atoms with E-state index >= 15 is 0 Å². The predicted molar refractivity (Wildman–Crippen MR) is 71.7 cm³/mol. The lowest BCUT2D eigenvalue weighted by Crippen LogP contribution is -2.47. The number of urea groups is 1. The Bertz CT molecular complexity index is 841. The minimum atomic E-state index is -0.595. The first-order chi connectivity index (χ1) is 9.49. The van der Waals surface area contributed by atoms with Crippen LogP contribution < -0.4 is 21.5 Å². The summed E-state index contributed by atoms with van der Waals surface area (Å²) in [4.78, 5) is 39.3. The normalized spacial score (nSPS) is 15.8. The van der Waals surface area contributed by atoms with Crippen LogP contribution in [0.2, 0.25) is 0 Å². The van der Waals surface area contributed by atoms with Crippen LogP contribution in [-0.4, -0.2) is 22.1 Å². The highest BCUT2D eigenvalue weighted by molar-refractivity contribution is 6.00. The van der Waals surface area contributed by atoms with Crippen LogP contribution in [0.3, 0.4) is 0 Å². The van der Waals surface area contributed by atoms with Crippen LogP contribution in [0.4, 0.5) is 10.5 Å². The van der Waals surface area contributed by atoms with Crippen molar-refractivity contribution in [2.75, 3.05) is 11.4 Å². The fraction of sp³-hybridized carbons (Fsp3) is 0.250. The van der Waals surface area contributed by atoms with Gasteiger partial charge in [-0.25, -0.2) is 9.59 Å². The van der Waals surface area contributed by atoms with Crippen LogP contribution in [0, 0.1) is 0 Å². The summed E-state index contributed by atoms with van der Waals surface area (Å²) in [7, 11) is 1.52. The maximum Gasteiger partial charge on any atom is 0.419 e. The minimum absolute atomic E-state index is 0.0326. The molecule has 1 saturated heterocycles. The number of carbonyl (C=O) groups excluding carboxylic acids is 1. The number of nitrogens with zero attached hydrogens (tertiary/aromatic N) is 2. The zero-order valence-corrected chi connectivity index (χ0v) is 10.7. The molecule has 20 heavy (non-hydrogen) atoms. The summed E-state index contributed by atoms with van der Waals surface area (Å²) in [6.07, 6.45) is 1.89. The van der Waals surface area contributed by atoms with Crippen molar-refractivity contribution in [1.29, 1.82) is 0 Å². The van der Waals surface area contributed by atoms with Crippen molar-refractivity contribution in [3.8, 4) is 0 Å². The predicted octanol–water partition coefficient (Wildman–Crippen LogP) is 0.253. The molecule has 2 aromatic heterocycles. The first kappa shape index (κ1) is 12.3. The number of oxazole rings is 1. The number of rotatable bonds is 1. The Balaban J connectivity index is 2.25. The zero-order chi connectivity index (χ0) is 14.4. The average molecular weight is 276 g/mol. The van der Waals surface area contributed by atoms with E-state index in [1.165, 1.54) is 22.7 Å². The highest BCUT2D eigenvalue weighted by Gasteiger charge is 2.27. The summed E-state index contributed by atoms with van der Waals surface area (Å²) in [6.45, 7) is 3.97. The molecule has 0 unspecified atom stereocenters. The molecule has 0 radical (unpaired) electrons. The maximum absolute atomic E-state index is 12.0. The van der Waals surface area contributed by atoms with Gasteiger partial charge in [0.2, 0.25) is 0 Å². The maximum atomic E-state index is 12.0. The fourth-order valence-electron chi connectivity index (χ4n) is 2.18. The standard InChI is InChI=1S/C12H12N4O4/c1-6-3-4-16(11(18)14-6)8-9-7(5-13-10(8)17)15(2)12(19)20-9/h5H,1,3-4H2,2H3,(H,13,17)(H,14,18). The number of aromatic nitrogens is 2. The van der Waals surface area contributed by atoms with Crippen LogP contribution in [0.1, 0.15) is 6.42 Å². The Labute approximate surface area is 112 Å².